The minimum absolute atomic E-state index is 0.255. The summed E-state index contributed by atoms with van der Waals surface area (Å²) in [5.74, 6) is -1.54. The molecule has 1 amide bonds. The molecular weight excluding hydrogens is 410 g/mol. The molecule has 0 fully saturated rings. The van der Waals surface area contributed by atoms with E-state index in [0.717, 1.165) is 23.1 Å². The molecule has 2 aromatic rings. The molecule has 2 atom stereocenters. The highest BCUT2D eigenvalue weighted by Crippen LogP contribution is 2.39. The molecule has 0 aliphatic heterocycles. The highest BCUT2D eigenvalue weighted by atomic mass is 79.9. The maximum atomic E-state index is 14.5. The number of carboxylic acid groups (broad SMARTS) is 1. The standard InChI is InChI=1S/C18H19BrF2N2O3/c1-18(2,3)23(17(25)26)15(13-7-12(20)4-5-14(13)21)16(24)10-6-11(19)9-22-8-10/h4-9,15-16,24H,1-3H3,(H,25,26)/t15-,16-/m1/s1. The largest absolute Gasteiger partial charge is 0.465 e. The average Bonchev–Trinajstić information content (AvgIpc) is 2.52. The summed E-state index contributed by atoms with van der Waals surface area (Å²) in [5.41, 5.74) is -0.978. The van der Waals surface area contributed by atoms with Gasteiger partial charge in [0.05, 0.1) is 6.04 Å². The van der Waals surface area contributed by atoms with Gasteiger partial charge >= 0.3 is 6.09 Å². The third-order valence-electron chi connectivity index (χ3n) is 3.85. The van der Waals surface area contributed by atoms with Crippen molar-refractivity contribution in [1.82, 2.24) is 9.88 Å². The van der Waals surface area contributed by atoms with Crippen LogP contribution in [0.15, 0.2) is 41.1 Å². The Hall–Kier alpha value is -2.06. The molecular formula is C18H19BrF2N2O3. The van der Waals surface area contributed by atoms with E-state index < -0.39 is 35.4 Å². The van der Waals surface area contributed by atoms with E-state index in [9.17, 15) is 23.8 Å². The van der Waals surface area contributed by atoms with Crippen LogP contribution >= 0.6 is 15.9 Å². The van der Waals surface area contributed by atoms with Gasteiger partial charge in [0.2, 0.25) is 0 Å². The second kappa shape index (κ2) is 7.67. The number of aliphatic hydroxyl groups is 1. The van der Waals surface area contributed by atoms with E-state index in [-0.39, 0.29) is 11.1 Å². The molecule has 2 rings (SSSR count). The summed E-state index contributed by atoms with van der Waals surface area (Å²) in [4.78, 5) is 16.8. The number of aliphatic hydroxyl groups excluding tert-OH is 1. The van der Waals surface area contributed by atoms with E-state index in [1.54, 1.807) is 26.8 Å². The van der Waals surface area contributed by atoms with Gasteiger partial charge < -0.3 is 10.2 Å². The number of nitrogens with zero attached hydrogens (tertiary/aromatic N) is 2. The fourth-order valence-corrected chi connectivity index (χ4v) is 3.17. The Morgan fingerprint density at radius 3 is 2.42 bits per heavy atom. The van der Waals surface area contributed by atoms with Crippen molar-refractivity contribution in [2.75, 3.05) is 0 Å². The van der Waals surface area contributed by atoms with Crippen molar-refractivity contribution in [3.63, 3.8) is 0 Å². The molecule has 1 aromatic carbocycles. The fraction of sp³-hybridized carbons (Fsp3) is 0.333. The van der Waals surface area contributed by atoms with Gasteiger partial charge in [-0.05, 0) is 61.0 Å². The zero-order valence-corrected chi connectivity index (χ0v) is 16.0. The first-order chi connectivity index (χ1) is 12.0. The molecule has 0 bridgehead atoms. The van der Waals surface area contributed by atoms with E-state index in [2.05, 4.69) is 20.9 Å². The van der Waals surface area contributed by atoms with Gasteiger partial charge in [-0.1, -0.05) is 0 Å². The first-order valence-electron chi connectivity index (χ1n) is 7.78. The van der Waals surface area contributed by atoms with E-state index in [1.807, 2.05) is 0 Å². The Kier molecular flexibility index (Phi) is 5.98. The van der Waals surface area contributed by atoms with Crippen LogP contribution in [0.1, 0.15) is 44.0 Å². The minimum Gasteiger partial charge on any atom is -0.465 e. The molecule has 26 heavy (non-hydrogen) atoms. The molecule has 2 N–H and O–H groups in total. The quantitative estimate of drug-likeness (QED) is 0.741. The third kappa shape index (κ3) is 4.37. The topological polar surface area (TPSA) is 73.7 Å². The molecule has 1 aromatic heterocycles. The lowest BCUT2D eigenvalue weighted by Crippen LogP contribution is -2.49. The van der Waals surface area contributed by atoms with E-state index in [1.165, 1.54) is 12.4 Å². The molecule has 0 saturated heterocycles. The maximum Gasteiger partial charge on any atom is 0.408 e. The number of carbonyl (C=O) groups is 1. The van der Waals surface area contributed by atoms with Crippen molar-refractivity contribution < 1.29 is 23.8 Å². The number of halogens is 3. The lowest BCUT2D eigenvalue weighted by atomic mass is 9.91. The summed E-state index contributed by atoms with van der Waals surface area (Å²) in [5, 5.41) is 20.6. The summed E-state index contributed by atoms with van der Waals surface area (Å²) in [7, 11) is 0. The van der Waals surface area contributed by atoms with Crippen molar-refractivity contribution >= 4 is 22.0 Å². The van der Waals surface area contributed by atoms with Gasteiger partial charge in [0.1, 0.15) is 17.7 Å². The zero-order chi connectivity index (χ0) is 19.6. The van der Waals surface area contributed by atoms with E-state index in [4.69, 9.17) is 0 Å². The molecule has 140 valence electrons. The molecule has 0 aliphatic carbocycles. The minimum atomic E-state index is -1.47. The zero-order valence-electron chi connectivity index (χ0n) is 14.4. The molecule has 0 aliphatic rings. The van der Waals surface area contributed by atoms with Crippen molar-refractivity contribution in [3.8, 4) is 0 Å². The van der Waals surface area contributed by atoms with Gasteiger partial charge in [-0.2, -0.15) is 0 Å². The Morgan fingerprint density at radius 2 is 1.88 bits per heavy atom. The lowest BCUT2D eigenvalue weighted by Gasteiger charge is -2.42. The van der Waals surface area contributed by atoms with Crippen LogP contribution in [0.2, 0.25) is 0 Å². The Labute approximate surface area is 158 Å². The Balaban J connectivity index is 2.68. The summed E-state index contributed by atoms with van der Waals surface area (Å²) >= 11 is 3.23. The molecule has 0 spiro atoms. The molecule has 8 heteroatoms. The summed E-state index contributed by atoms with van der Waals surface area (Å²) < 4.78 is 28.8. The monoisotopic (exact) mass is 428 g/mol. The van der Waals surface area contributed by atoms with Gasteiger partial charge in [0, 0.05) is 33.5 Å². The number of pyridine rings is 1. The SMILES string of the molecule is CC(C)(C)N(C(=O)O)[C@H](c1cc(F)ccc1F)[C@H](O)c1cncc(Br)c1. The molecule has 1 heterocycles. The van der Waals surface area contributed by atoms with Crippen LogP contribution < -0.4 is 0 Å². The second-order valence-electron chi connectivity index (χ2n) is 6.82. The Morgan fingerprint density at radius 1 is 1.23 bits per heavy atom. The molecule has 0 unspecified atom stereocenters. The van der Waals surface area contributed by atoms with Gasteiger partial charge in [0.25, 0.3) is 0 Å². The number of rotatable bonds is 4. The molecule has 0 saturated carbocycles. The van der Waals surface area contributed by atoms with Gasteiger partial charge in [0.15, 0.2) is 0 Å². The van der Waals surface area contributed by atoms with Crippen molar-refractivity contribution in [1.29, 1.82) is 0 Å². The second-order valence-corrected chi connectivity index (χ2v) is 7.73. The van der Waals surface area contributed by atoms with Gasteiger partial charge in [-0.15, -0.1) is 0 Å². The summed E-state index contributed by atoms with van der Waals surface area (Å²) in [6, 6.07) is 2.91. The van der Waals surface area contributed by atoms with Crippen molar-refractivity contribution in [2.24, 2.45) is 0 Å². The molecule has 5 nitrogen and oxygen atoms in total. The third-order valence-corrected chi connectivity index (χ3v) is 4.28. The first-order valence-corrected chi connectivity index (χ1v) is 8.57. The average molecular weight is 429 g/mol. The summed E-state index contributed by atoms with van der Waals surface area (Å²) in [6.45, 7) is 4.83. The van der Waals surface area contributed by atoms with Gasteiger partial charge in [-0.3, -0.25) is 9.88 Å². The maximum absolute atomic E-state index is 14.5. The van der Waals surface area contributed by atoms with Crippen LogP contribution in [0.3, 0.4) is 0 Å². The number of benzene rings is 1. The summed E-state index contributed by atoms with van der Waals surface area (Å²) in [6.07, 6.45) is 0.00877. The Bertz CT molecular complexity index is 811. The van der Waals surface area contributed by atoms with Crippen LogP contribution in [-0.2, 0) is 0 Å². The predicted molar refractivity (Wildman–Crippen MR) is 95.6 cm³/mol. The van der Waals surface area contributed by atoms with Gasteiger partial charge in [-0.25, -0.2) is 13.6 Å². The number of hydrogen-bond donors (Lipinski definition) is 2. The van der Waals surface area contributed by atoms with E-state index in [0.29, 0.717) is 4.47 Å². The van der Waals surface area contributed by atoms with Crippen molar-refractivity contribution in [2.45, 2.75) is 38.5 Å². The first kappa shape index (κ1) is 20.3. The highest BCUT2D eigenvalue weighted by Gasteiger charge is 2.40. The van der Waals surface area contributed by atoms with Crippen LogP contribution in [0.5, 0.6) is 0 Å². The highest BCUT2D eigenvalue weighted by molar-refractivity contribution is 9.10. The van der Waals surface area contributed by atoms with Crippen LogP contribution in [0, 0.1) is 11.6 Å². The predicted octanol–water partition coefficient (Wildman–Crippen LogP) is 4.68. The number of aromatic nitrogens is 1. The molecule has 0 radical (unpaired) electrons. The van der Waals surface area contributed by atoms with E-state index >= 15 is 0 Å². The van der Waals surface area contributed by atoms with Crippen LogP contribution in [-0.4, -0.2) is 31.7 Å². The fourth-order valence-electron chi connectivity index (χ4n) is 2.79. The van der Waals surface area contributed by atoms with Crippen LogP contribution in [0.25, 0.3) is 0 Å². The normalized spacial score (nSPS) is 14.0. The van der Waals surface area contributed by atoms with Crippen molar-refractivity contribution in [3.05, 3.63) is 63.9 Å². The smallest absolute Gasteiger partial charge is 0.408 e. The lowest BCUT2D eigenvalue weighted by molar-refractivity contribution is 0.00337. The van der Waals surface area contributed by atoms with Crippen LogP contribution in [0.4, 0.5) is 13.6 Å². The number of hydrogen-bond acceptors (Lipinski definition) is 3. The number of amides is 1.